The van der Waals surface area contributed by atoms with Gasteiger partial charge in [0.25, 0.3) is 11.8 Å². The molecule has 4 N–H and O–H groups in total. The van der Waals surface area contributed by atoms with Crippen LogP contribution in [0.2, 0.25) is 0 Å². The molecule has 0 aromatic heterocycles. The van der Waals surface area contributed by atoms with E-state index in [9.17, 15) is 19.2 Å². The fraction of sp³-hybridized carbons (Fsp3) is 0.238. The van der Waals surface area contributed by atoms with Crippen LogP contribution in [0.15, 0.2) is 42.5 Å². The number of benzene rings is 2. The van der Waals surface area contributed by atoms with Gasteiger partial charge in [-0.05, 0) is 36.8 Å². The second kappa shape index (κ2) is 7.86. The molecule has 1 atom stereocenters. The molecule has 2 heterocycles. The Morgan fingerprint density at radius 1 is 1.07 bits per heavy atom. The van der Waals surface area contributed by atoms with Crippen molar-refractivity contribution in [3.05, 3.63) is 53.6 Å². The van der Waals surface area contributed by atoms with Gasteiger partial charge in [-0.15, -0.1) is 0 Å². The molecule has 0 spiro atoms. The number of nitrogens with one attached hydrogen (secondary N) is 2. The minimum atomic E-state index is -0.976. The Bertz CT molecular complexity index is 1050. The molecule has 154 valence electrons. The molecule has 0 saturated carbocycles. The van der Waals surface area contributed by atoms with Gasteiger partial charge in [0.2, 0.25) is 11.8 Å². The van der Waals surface area contributed by atoms with E-state index in [1.54, 1.807) is 30.3 Å². The number of para-hydroxylation sites is 2. The number of ether oxygens (including phenoxy) is 1. The Hall–Kier alpha value is -3.88. The van der Waals surface area contributed by atoms with E-state index < -0.39 is 29.7 Å². The number of nitrogens with two attached hydrogens (primary N) is 1. The zero-order valence-corrected chi connectivity index (χ0v) is 16.0. The second-order valence-corrected chi connectivity index (χ2v) is 7.02. The Kier molecular flexibility index (Phi) is 5.09. The maximum absolute atomic E-state index is 12.8. The van der Waals surface area contributed by atoms with Gasteiger partial charge in [-0.3, -0.25) is 29.4 Å². The lowest BCUT2D eigenvalue weighted by Gasteiger charge is -2.27. The van der Waals surface area contributed by atoms with E-state index in [0.29, 0.717) is 30.3 Å². The number of hydrogen-bond donors (Lipinski definition) is 3. The lowest BCUT2D eigenvalue weighted by atomic mass is 10.0. The van der Waals surface area contributed by atoms with Crippen LogP contribution in [0.1, 0.15) is 33.6 Å². The minimum absolute atomic E-state index is 0.0859. The van der Waals surface area contributed by atoms with Crippen molar-refractivity contribution in [2.45, 2.75) is 18.9 Å². The van der Waals surface area contributed by atoms with E-state index in [2.05, 4.69) is 10.6 Å². The predicted octanol–water partition coefficient (Wildman–Crippen LogP) is 1.16. The van der Waals surface area contributed by atoms with Gasteiger partial charge in [-0.1, -0.05) is 12.1 Å². The summed E-state index contributed by atoms with van der Waals surface area (Å²) in [6, 6.07) is 11.0. The Labute approximate surface area is 172 Å². The summed E-state index contributed by atoms with van der Waals surface area (Å²) in [5.74, 6) is -1.51. The largest absolute Gasteiger partial charge is 0.490 e. The van der Waals surface area contributed by atoms with Gasteiger partial charge in [0.1, 0.15) is 18.4 Å². The summed E-state index contributed by atoms with van der Waals surface area (Å²) in [7, 11) is 0. The van der Waals surface area contributed by atoms with Gasteiger partial charge in [-0.25, -0.2) is 0 Å². The zero-order valence-electron chi connectivity index (χ0n) is 16.0. The molecule has 4 rings (SSSR count). The number of carbonyl (C=O) groups is 4. The Morgan fingerprint density at radius 2 is 1.83 bits per heavy atom. The standard InChI is InChI=1S/C21H20N4O5/c22-15-3-1-2-4-17(15)30-10-9-23-12-5-6-13-14(11-12)21(29)25(20(13)28)16-7-8-18(26)24-19(16)27/h1-6,11,16,23H,7-10,22H2,(H,24,26,27). The van der Waals surface area contributed by atoms with E-state index >= 15 is 0 Å². The molecular weight excluding hydrogens is 388 g/mol. The fourth-order valence-corrected chi connectivity index (χ4v) is 3.55. The van der Waals surface area contributed by atoms with E-state index in [1.807, 2.05) is 12.1 Å². The van der Waals surface area contributed by atoms with Crippen molar-refractivity contribution in [1.82, 2.24) is 10.2 Å². The summed E-state index contributed by atoms with van der Waals surface area (Å²) in [4.78, 5) is 49.9. The number of imide groups is 2. The number of hydrogen-bond acceptors (Lipinski definition) is 7. The zero-order chi connectivity index (χ0) is 21.3. The molecule has 0 bridgehead atoms. The van der Waals surface area contributed by atoms with Gasteiger partial charge in [0, 0.05) is 18.7 Å². The van der Waals surface area contributed by atoms with Crippen LogP contribution in [-0.2, 0) is 9.59 Å². The number of nitrogen functional groups attached to an aromatic ring is 1. The second-order valence-electron chi connectivity index (χ2n) is 7.02. The molecule has 0 radical (unpaired) electrons. The van der Waals surface area contributed by atoms with E-state index in [1.165, 1.54) is 0 Å². The number of anilines is 2. The number of piperidine rings is 1. The number of fused-ring (bicyclic) bond motifs is 1. The van der Waals surface area contributed by atoms with E-state index in [4.69, 9.17) is 10.5 Å². The number of amides is 4. The van der Waals surface area contributed by atoms with Crippen LogP contribution in [0.25, 0.3) is 0 Å². The van der Waals surface area contributed by atoms with Crippen molar-refractivity contribution >= 4 is 35.0 Å². The molecule has 0 aliphatic carbocycles. The van der Waals surface area contributed by atoms with Crippen LogP contribution in [0.3, 0.4) is 0 Å². The number of nitrogens with zero attached hydrogens (tertiary/aromatic N) is 1. The lowest BCUT2D eigenvalue weighted by Crippen LogP contribution is -2.54. The maximum Gasteiger partial charge on any atom is 0.262 e. The monoisotopic (exact) mass is 408 g/mol. The van der Waals surface area contributed by atoms with Crippen LogP contribution >= 0.6 is 0 Å². The molecule has 1 saturated heterocycles. The highest BCUT2D eigenvalue weighted by molar-refractivity contribution is 6.23. The summed E-state index contributed by atoms with van der Waals surface area (Å²) in [6.45, 7) is 0.798. The van der Waals surface area contributed by atoms with Crippen LogP contribution < -0.4 is 21.1 Å². The third-order valence-corrected chi connectivity index (χ3v) is 5.05. The molecule has 9 heteroatoms. The first-order chi connectivity index (χ1) is 14.5. The third-order valence-electron chi connectivity index (χ3n) is 5.05. The smallest absolute Gasteiger partial charge is 0.262 e. The van der Waals surface area contributed by atoms with Gasteiger partial charge in [0.15, 0.2) is 0 Å². The maximum atomic E-state index is 12.8. The van der Waals surface area contributed by atoms with Crippen molar-refractivity contribution < 1.29 is 23.9 Å². The van der Waals surface area contributed by atoms with Gasteiger partial charge >= 0.3 is 0 Å². The van der Waals surface area contributed by atoms with Crippen molar-refractivity contribution in [3.8, 4) is 5.75 Å². The molecule has 2 aliphatic heterocycles. The quantitative estimate of drug-likeness (QED) is 0.371. The highest BCUT2D eigenvalue weighted by Gasteiger charge is 2.44. The van der Waals surface area contributed by atoms with Crippen molar-refractivity contribution in [2.75, 3.05) is 24.2 Å². The highest BCUT2D eigenvalue weighted by Crippen LogP contribution is 2.29. The van der Waals surface area contributed by atoms with E-state index in [0.717, 1.165) is 4.90 Å². The minimum Gasteiger partial charge on any atom is -0.490 e. The Balaban J connectivity index is 1.41. The molecule has 1 fully saturated rings. The topological polar surface area (TPSA) is 131 Å². The summed E-state index contributed by atoms with van der Waals surface area (Å²) in [6.07, 6.45) is 0.212. The van der Waals surface area contributed by atoms with Gasteiger partial charge in [0.05, 0.1) is 16.8 Å². The average Bonchev–Trinajstić information content (AvgIpc) is 2.97. The summed E-state index contributed by atoms with van der Waals surface area (Å²) in [5.41, 5.74) is 7.49. The van der Waals surface area contributed by atoms with Crippen molar-refractivity contribution in [3.63, 3.8) is 0 Å². The molecule has 1 unspecified atom stereocenters. The van der Waals surface area contributed by atoms with Crippen molar-refractivity contribution in [1.29, 1.82) is 0 Å². The molecule has 4 amide bonds. The number of rotatable bonds is 6. The Morgan fingerprint density at radius 3 is 2.60 bits per heavy atom. The summed E-state index contributed by atoms with van der Waals surface area (Å²) in [5, 5.41) is 5.31. The van der Waals surface area contributed by atoms with Gasteiger partial charge in [-0.2, -0.15) is 0 Å². The predicted molar refractivity (Wildman–Crippen MR) is 108 cm³/mol. The van der Waals surface area contributed by atoms with Crippen LogP contribution in [0.5, 0.6) is 5.75 Å². The first-order valence-corrected chi connectivity index (χ1v) is 9.52. The molecule has 9 nitrogen and oxygen atoms in total. The number of carbonyl (C=O) groups excluding carboxylic acids is 4. The first kappa shape index (κ1) is 19.4. The van der Waals surface area contributed by atoms with E-state index in [-0.39, 0.29) is 24.0 Å². The molecule has 2 aromatic carbocycles. The third kappa shape index (κ3) is 3.57. The first-order valence-electron chi connectivity index (χ1n) is 9.52. The van der Waals surface area contributed by atoms with Crippen LogP contribution in [-0.4, -0.2) is 47.7 Å². The lowest BCUT2D eigenvalue weighted by molar-refractivity contribution is -0.136. The summed E-state index contributed by atoms with van der Waals surface area (Å²) >= 11 is 0. The highest BCUT2D eigenvalue weighted by atomic mass is 16.5. The summed E-state index contributed by atoms with van der Waals surface area (Å²) < 4.78 is 5.62. The van der Waals surface area contributed by atoms with Crippen LogP contribution in [0.4, 0.5) is 11.4 Å². The molecule has 2 aliphatic rings. The van der Waals surface area contributed by atoms with Crippen LogP contribution in [0, 0.1) is 0 Å². The van der Waals surface area contributed by atoms with Gasteiger partial charge < -0.3 is 15.8 Å². The molecule has 30 heavy (non-hydrogen) atoms. The normalized spacial score (nSPS) is 18.3. The average molecular weight is 408 g/mol. The van der Waals surface area contributed by atoms with Crippen molar-refractivity contribution in [2.24, 2.45) is 0 Å². The molecule has 2 aromatic rings. The SMILES string of the molecule is Nc1ccccc1OCCNc1ccc2c(c1)C(=O)N(C1CCC(=O)NC1=O)C2=O. The fourth-order valence-electron chi connectivity index (χ4n) is 3.55. The molecular formula is C21H20N4O5.